The van der Waals surface area contributed by atoms with Crippen LogP contribution in [0.25, 0.3) is 0 Å². The van der Waals surface area contributed by atoms with E-state index >= 15 is 0 Å². The third-order valence-corrected chi connectivity index (χ3v) is 30.5. The van der Waals surface area contributed by atoms with Crippen molar-refractivity contribution >= 4 is 47.0 Å². The number of amides is 6. The minimum atomic E-state index is -0.366. The molecule has 0 bridgehead atoms. The molecule has 0 aromatic heterocycles. The van der Waals surface area contributed by atoms with Gasteiger partial charge in [0.15, 0.2) is 0 Å². The summed E-state index contributed by atoms with van der Waals surface area (Å²) in [5.74, 6) is -0.337. The van der Waals surface area contributed by atoms with Crippen LogP contribution in [0.2, 0.25) is 0 Å². The Labute approximate surface area is 896 Å². The molecule has 0 saturated heterocycles. The van der Waals surface area contributed by atoms with E-state index in [0.717, 1.165) is 109 Å². The maximum absolute atomic E-state index is 13.5. The third kappa shape index (κ3) is 72.1. The van der Waals surface area contributed by atoms with Gasteiger partial charge in [-0.1, -0.05) is 222 Å². The molecule has 0 heterocycles. The van der Waals surface area contributed by atoms with Gasteiger partial charge in [-0.3, -0.25) is 38.4 Å². The van der Waals surface area contributed by atoms with Crippen molar-refractivity contribution in [2.75, 3.05) is 185 Å². The van der Waals surface area contributed by atoms with E-state index in [1.807, 2.05) is 0 Å². The highest BCUT2D eigenvalue weighted by Crippen LogP contribution is 2.46. The minimum Gasteiger partial charge on any atom is -0.384 e. The highest BCUT2D eigenvalue weighted by atomic mass is 16.6. The molecule has 2 atom stereocenters. The lowest BCUT2D eigenvalue weighted by Gasteiger charge is -2.34. The summed E-state index contributed by atoms with van der Waals surface area (Å²) in [6.45, 7) is 44.4. The fraction of sp³-hybridized carbons (Fsp3) is 0.869. The third-order valence-electron chi connectivity index (χ3n) is 30.5. The normalized spacial score (nSPS) is 15.9. The summed E-state index contributed by atoms with van der Waals surface area (Å²) in [5.41, 5.74) is 14.7. The molecule has 0 spiro atoms. The Morgan fingerprint density at radius 1 is 0.245 bits per heavy atom. The van der Waals surface area contributed by atoms with Gasteiger partial charge in [0, 0.05) is 143 Å². The number of nitrogens with one attached hydrogen (secondary N) is 6. The molecule has 6 N–H and O–H groups in total. The zero-order valence-corrected chi connectivity index (χ0v) is 96.7. The van der Waals surface area contributed by atoms with Crippen LogP contribution >= 0.6 is 0 Å². The van der Waals surface area contributed by atoms with Crippen LogP contribution in [-0.2, 0) is 90.5 Å². The van der Waals surface area contributed by atoms with E-state index in [1.165, 1.54) is 193 Å². The Morgan fingerprint density at radius 3 is 0.741 bits per heavy atom. The molecule has 0 aliphatic heterocycles. The van der Waals surface area contributed by atoms with Crippen LogP contribution in [0.4, 0.5) is 0 Å². The van der Waals surface area contributed by atoms with Gasteiger partial charge in [-0.2, -0.15) is 0 Å². The molecule has 0 aromatic rings. The quantitative estimate of drug-likeness (QED) is 0.0243. The van der Waals surface area contributed by atoms with E-state index in [0.29, 0.717) is 264 Å². The lowest BCUT2D eigenvalue weighted by Crippen LogP contribution is -2.33. The summed E-state index contributed by atoms with van der Waals surface area (Å²) in [7, 11) is 1.58. The molecule has 4 rings (SSSR count). The zero-order chi connectivity index (χ0) is 107. The molecule has 0 saturated carbocycles. The second-order valence-corrected chi connectivity index (χ2v) is 45.4. The molecule has 0 aromatic carbocycles. The van der Waals surface area contributed by atoms with Gasteiger partial charge < -0.3 is 84.0 Å². The van der Waals surface area contributed by atoms with Crippen molar-refractivity contribution < 1.29 is 90.5 Å². The Hall–Kier alpha value is -5.32. The van der Waals surface area contributed by atoms with Crippen LogP contribution in [-0.4, -0.2) is 232 Å². The van der Waals surface area contributed by atoms with Crippen LogP contribution in [0.15, 0.2) is 44.6 Å². The molecule has 0 fully saturated rings. The molecule has 25 heteroatoms. The first-order valence-electron chi connectivity index (χ1n) is 59.7. The Morgan fingerprint density at radius 2 is 0.469 bits per heavy atom. The van der Waals surface area contributed by atoms with E-state index in [9.17, 15) is 38.4 Å². The monoisotopic (exact) mass is 2080 g/mol. The van der Waals surface area contributed by atoms with Crippen molar-refractivity contribution in [1.29, 1.82) is 0 Å². The summed E-state index contributed by atoms with van der Waals surface area (Å²) in [6, 6.07) is 0. The van der Waals surface area contributed by atoms with Gasteiger partial charge in [0.2, 0.25) is 35.4 Å². The Kier molecular flexibility index (Phi) is 82.2. The Bertz CT molecular complexity index is 3550. The van der Waals surface area contributed by atoms with Crippen molar-refractivity contribution in [3.05, 3.63) is 44.6 Å². The molecule has 4 aliphatic carbocycles. The van der Waals surface area contributed by atoms with E-state index < -0.39 is 0 Å². The zero-order valence-electron chi connectivity index (χ0n) is 96.7. The number of allylic oxidation sites excluding steroid dienone is 8. The van der Waals surface area contributed by atoms with E-state index in [1.54, 1.807) is 51.7 Å². The molecule has 854 valence electrons. The van der Waals surface area contributed by atoms with Gasteiger partial charge in [-0.25, -0.2) is 0 Å². The van der Waals surface area contributed by atoms with Crippen LogP contribution in [0.3, 0.4) is 0 Å². The van der Waals surface area contributed by atoms with E-state index in [-0.39, 0.29) is 71.7 Å². The SMILES string of the molecule is CCCOCCOCCOCCOCCC(=O)NCCCOCCOCCOCCCNC(=O)[C@H](CCCCNC(=O)CCCCCCCCC1=C(C)CCCC1(C)C)CC(=O)CCCCCCCCC1=C(C)CCCC1(C)C.COCCC(=O)NCCCOCCOCCOCCCNC(=O)[C@H](CCCCNC(=O)CCCCCCCCC1=C(C)CCCC1(C)C)CC(=O)CCCCCCCCC1=C(C)CCCC1(C)C. The van der Waals surface area contributed by atoms with Crippen LogP contribution < -0.4 is 31.9 Å². The standard InChI is InChI=1S/C65H119N3O11.C57H103N3O8/c1-8-40-73-44-48-77-52-53-79-51-47-76-43-34-62(71)67-38-25-41-74-45-49-78-50-46-75-42-26-39-68-63(72)57(54-58(69)30-17-13-9-10-14-18-31-59-55(2)27-23-35-64(59,4)5)29-21-22-37-66-61(70)33-20-16-12-11-15-19-32-60-56(3)28-24-36-65(60,6)7;1-47-26-22-34-56(3,4)51(47)30-17-13-9-8-12-16-29-50(61)46-49(55(64)60-38-25-40-67-43-45-68-44-42-66-39-24-37-59-54(63)33-41-65-7)28-20-21-36-58-53(62)32-19-15-11-10-14-18-31-52-48(2)27-23-35-57(52,5)6/h57H,8-54H2,1-7H3,(H,66,70)(H,67,71)(H,68,72);49H,8-46H2,1-7H3,(H,58,62)(H,59,63)(H,60,64)/t57-;49-/m11/s1. The molecule has 4 aliphatic rings. The molecule has 147 heavy (non-hydrogen) atoms. The lowest BCUT2D eigenvalue weighted by atomic mass is 9.71. The smallest absolute Gasteiger partial charge is 0.223 e. The van der Waals surface area contributed by atoms with Crippen molar-refractivity contribution in [2.45, 2.75) is 469 Å². The van der Waals surface area contributed by atoms with Gasteiger partial charge in [0.25, 0.3) is 0 Å². The first-order chi connectivity index (χ1) is 71.0. The van der Waals surface area contributed by atoms with Crippen LogP contribution in [0.5, 0.6) is 0 Å². The molecule has 6 amide bonds. The topological polar surface area (TPSA) is 310 Å². The number of Topliss-reactive ketones (excluding diaryl/α,β-unsaturated/α-hetero) is 2. The van der Waals surface area contributed by atoms with Gasteiger partial charge in [0.1, 0.15) is 11.6 Å². The molecular formula is C122H222N6O19. The second kappa shape index (κ2) is 88.9. The largest absolute Gasteiger partial charge is 0.384 e. The average molecular weight is 2080 g/mol. The summed E-state index contributed by atoms with van der Waals surface area (Å²) in [6.07, 6.45) is 59.8. The number of unbranched alkanes of at least 4 members (excludes halogenated alkanes) is 22. The van der Waals surface area contributed by atoms with E-state index in [2.05, 4.69) is 122 Å². The fourth-order valence-corrected chi connectivity index (χ4v) is 21.6. The summed E-state index contributed by atoms with van der Waals surface area (Å²) >= 11 is 0. The maximum Gasteiger partial charge on any atom is 0.223 e. The first-order valence-corrected chi connectivity index (χ1v) is 59.7. The number of carbonyl (C=O) groups excluding carboxylic acids is 8. The predicted molar refractivity (Wildman–Crippen MR) is 599 cm³/mol. The summed E-state index contributed by atoms with van der Waals surface area (Å²) in [5, 5.41) is 18.1. The maximum atomic E-state index is 13.5. The van der Waals surface area contributed by atoms with Gasteiger partial charge >= 0.3 is 0 Å². The number of hydrogen-bond donors (Lipinski definition) is 6. The van der Waals surface area contributed by atoms with Gasteiger partial charge in [-0.15, -0.1) is 0 Å². The number of ether oxygens (including phenoxy) is 11. The second-order valence-electron chi connectivity index (χ2n) is 45.4. The van der Waals surface area contributed by atoms with Gasteiger partial charge in [-0.05, 0) is 261 Å². The molecular weight excluding hydrogens is 1850 g/mol. The summed E-state index contributed by atoms with van der Waals surface area (Å²) < 4.78 is 60.5. The number of rotatable bonds is 97. The first kappa shape index (κ1) is 136. The number of hydrogen-bond acceptors (Lipinski definition) is 19. The van der Waals surface area contributed by atoms with Crippen molar-refractivity contribution in [1.82, 2.24) is 31.9 Å². The van der Waals surface area contributed by atoms with Crippen LogP contribution in [0, 0.1) is 33.5 Å². The average Bonchev–Trinajstić information content (AvgIpc) is 0.835. The number of carbonyl (C=O) groups is 8. The van der Waals surface area contributed by atoms with E-state index in [4.69, 9.17) is 52.1 Å². The number of ketones is 2. The minimum absolute atomic E-state index is 0.0168. The highest BCUT2D eigenvalue weighted by Gasteiger charge is 2.33. The van der Waals surface area contributed by atoms with Gasteiger partial charge in [0.05, 0.1) is 106 Å². The molecule has 0 unspecified atom stereocenters. The Balaban J connectivity index is 0.000000764. The predicted octanol–water partition coefficient (Wildman–Crippen LogP) is 25.3. The lowest BCUT2D eigenvalue weighted by molar-refractivity contribution is -0.129. The summed E-state index contributed by atoms with van der Waals surface area (Å²) in [4.78, 5) is 102. The van der Waals surface area contributed by atoms with Crippen molar-refractivity contribution in [3.8, 4) is 0 Å². The van der Waals surface area contributed by atoms with Crippen LogP contribution in [0.1, 0.15) is 469 Å². The van der Waals surface area contributed by atoms with Crippen molar-refractivity contribution in [2.24, 2.45) is 33.5 Å². The fourth-order valence-electron chi connectivity index (χ4n) is 21.6. The number of methoxy groups -OCH3 is 1. The van der Waals surface area contributed by atoms with Crippen molar-refractivity contribution in [3.63, 3.8) is 0 Å². The molecule has 25 nitrogen and oxygen atoms in total. The highest BCUT2D eigenvalue weighted by molar-refractivity contribution is 5.87. The molecule has 0 radical (unpaired) electrons.